The number of likely N-dealkylation sites (tertiary alicyclic amines) is 1. The first kappa shape index (κ1) is 18.3. The van der Waals surface area contributed by atoms with Gasteiger partial charge in [0.05, 0.1) is 26.8 Å². The van der Waals surface area contributed by atoms with Gasteiger partial charge in [0.25, 0.3) is 5.91 Å². The normalized spacial score (nSPS) is 15.0. The number of methoxy groups -OCH3 is 3. The summed E-state index contributed by atoms with van der Waals surface area (Å²) in [6.45, 7) is 1.46. The summed E-state index contributed by atoms with van der Waals surface area (Å²) in [5.74, 6) is 1.74. The van der Waals surface area contributed by atoms with Crippen LogP contribution in [0, 0.1) is 0 Å². The summed E-state index contributed by atoms with van der Waals surface area (Å²) in [5, 5.41) is 0.797. The molecule has 3 heterocycles. The lowest BCUT2D eigenvalue weighted by Gasteiger charge is -2.32. The number of hydrogen-bond acceptors (Lipinski definition) is 4. The van der Waals surface area contributed by atoms with E-state index < -0.39 is 0 Å². The molecule has 1 N–H and O–H groups in total. The molecule has 0 spiro atoms. The minimum atomic E-state index is -0.00905. The number of piperidine rings is 1. The number of hydrogen-bond donors (Lipinski definition) is 1. The number of fused-ring (bicyclic) bond motifs is 1. The van der Waals surface area contributed by atoms with Crippen molar-refractivity contribution in [2.45, 2.75) is 18.9 Å². The number of ether oxygens (including phenoxy) is 3. The molecule has 0 atom stereocenters. The maximum absolute atomic E-state index is 13.1. The molecule has 0 unspecified atom stereocenters. The van der Waals surface area contributed by atoms with E-state index in [-0.39, 0.29) is 5.91 Å². The van der Waals surface area contributed by atoms with Crippen LogP contribution in [0.15, 0.2) is 36.7 Å². The van der Waals surface area contributed by atoms with Gasteiger partial charge in [-0.15, -0.1) is 0 Å². The number of aromatic nitrogens is 2. The molecule has 0 aliphatic carbocycles. The minimum Gasteiger partial charge on any atom is -0.496 e. The predicted molar refractivity (Wildman–Crippen MR) is 107 cm³/mol. The molecule has 0 bridgehead atoms. The summed E-state index contributed by atoms with van der Waals surface area (Å²) in [6.07, 6.45) is 6.07. The Labute approximate surface area is 163 Å². The standard InChI is InChI=1S/C21H25N3O4/c1-26-17-13-18(27-2)20(28-3)19-15(17)12-16(22-19)21(25)24-10-6-14(7-11-24)23-8-4-5-9-23/h4-5,8-9,12-14,22H,6-7,10-11H2,1-3H3. The second kappa shape index (κ2) is 7.50. The Kier molecular flexibility index (Phi) is 4.90. The second-order valence-corrected chi connectivity index (χ2v) is 6.94. The predicted octanol–water partition coefficient (Wildman–Crippen LogP) is 3.47. The van der Waals surface area contributed by atoms with E-state index in [1.54, 1.807) is 27.4 Å². The zero-order valence-electron chi connectivity index (χ0n) is 16.4. The summed E-state index contributed by atoms with van der Waals surface area (Å²) in [7, 11) is 4.76. The van der Waals surface area contributed by atoms with Crippen LogP contribution in [0.1, 0.15) is 29.4 Å². The third-order valence-electron chi connectivity index (χ3n) is 5.47. The summed E-state index contributed by atoms with van der Waals surface area (Å²) in [5.41, 5.74) is 1.23. The second-order valence-electron chi connectivity index (χ2n) is 6.94. The molecule has 3 aromatic rings. The number of H-pyrrole nitrogens is 1. The number of rotatable bonds is 5. The summed E-state index contributed by atoms with van der Waals surface area (Å²) in [6, 6.07) is 8.13. The number of nitrogens with zero attached hydrogens (tertiary/aromatic N) is 2. The quantitative estimate of drug-likeness (QED) is 0.732. The van der Waals surface area contributed by atoms with E-state index in [2.05, 4.69) is 21.9 Å². The van der Waals surface area contributed by atoms with Gasteiger partial charge in [0.2, 0.25) is 0 Å². The van der Waals surface area contributed by atoms with Gasteiger partial charge in [-0.3, -0.25) is 4.79 Å². The van der Waals surface area contributed by atoms with Crippen LogP contribution in [-0.4, -0.2) is 54.8 Å². The topological polar surface area (TPSA) is 68.7 Å². The van der Waals surface area contributed by atoms with Crippen molar-refractivity contribution in [3.8, 4) is 17.2 Å². The van der Waals surface area contributed by atoms with Crippen molar-refractivity contribution in [1.82, 2.24) is 14.5 Å². The molecule has 1 aliphatic rings. The SMILES string of the molecule is COc1cc(OC)c2cc(C(=O)N3CCC(n4cccc4)CC3)[nH]c2c1OC. The monoisotopic (exact) mass is 383 g/mol. The Morgan fingerprint density at radius 1 is 1.00 bits per heavy atom. The summed E-state index contributed by atoms with van der Waals surface area (Å²) < 4.78 is 18.6. The largest absolute Gasteiger partial charge is 0.496 e. The lowest BCUT2D eigenvalue weighted by molar-refractivity contribution is 0.0689. The van der Waals surface area contributed by atoms with E-state index >= 15 is 0 Å². The third kappa shape index (κ3) is 3.06. The lowest BCUT2D eigenvalue weighted by Crippen LogP contribution is -2.39. The first-order chi connectivity index (χ1) is 13.7. The van der Waals surface area contributed by atoms with Gasteiger partial charge in [0.15, 0.2) is 11.5 Å². The molecule has 0 radical (unpaired) electrons. The van der Waals surface area contributed by atoms with Crippen molar-refractivity contribution in [2.24, 2.45) is 0 Å². The van der Waals surface area contributed by atoms with Crippen LogP contribution >= 0.6 is 0 Å². The molecular weight excluding hydrogens is 358 g/mol. The Hall–Kier alpha value is -3.09. The first-order valence-electron chi connectivity index (χ1n) is 9.39. The van der Waals surface area contributed by atoms with Gasteiger partial charge >= 0.3 is 0 Å². The van der Waals surface area contributed by atoms with E-state index in [1.807, 2.05) is 23.1 Å². The van der Waals surface area contributed by atoms with E-state index in [0.717, 1.165) is 31.3 Å². The Morgan fingerprint density at radius 2 is 1.68 bits per heavy atom. The molecule has 1 fully saturated rings. The summed E-state index contributed by atoms with van der Waals surface area (Å²) in [4.78, 5) is 18.2. The molecular formula is C21H25N3O4. The lowest BCUT2D eigenvalue weighted by atomic mass is 10.0. The number of carbonyl (C=O) groups excluding carboxylic acids is 1. The van der Waals surface area contributed by atoms with E-state index in [9.17, 15) is 4.79 Å². The van der Waals surface area contributed by atoms with Crippen LogP contribution in [0.25, 0.3) is 10.9 Å². The molecule has 148 valence electrons. The Morgan fingerprint density at radius 3 is 2.29 bits per heavy atom. The fourth-order valence-corrected chi connectivity index (χ4v) is 3.98. The number of benzene rings is 1. The van der Waals surface area contributed by atoms with Crippen molar-refractivity contribution < 1.29 is 19.0 Å². The summed E-state index contributed by atoms with van der Waals surface area (Å²) >= 11 is 0. The number of amides is 1. The van der Waals surface area contributed by atoms with Crippen LogP contribution in [0.2, 0.25) is 0 Å². The molecule has 7 heteroatoms. The maximum atomic E-state index is 13.1. The van der Waals surface area contributed by atoms with Gasteiger partial charge in [-0.1, -0.05) is 0 Å². The van der Waals surface area contributed by atoms with Gasteiger partial charge in [-0.05, 0) is 31.0 Å². The van der Waals surface area contributed by atoms with Gasteiger partial charge < -0.3 is 28.7 Å². The Balaban J connectivity index is 1.60. The molecule has 4 rings (SSSR count). The van der Waals surface area contributed by atoms with Crippen LogP contribution in [0.4, 0.5) is 0 Å². The maximum Gasteiger partial charge on any atom is 0.270 e. The Bertz CT molecular complexity index is 969. The number of nitrogens with one attached hydrogen (secondary N) is 1. The minimum absolute atomic E-state index is 0.00905. The molecule has 1 saturated heterocycles. The van der Waals surface area contributed by atoms with Crippen LogP contribution in [-0.2, 0) is 0 Å². The zero-order chi connectivity index (χ0) is 19.7. The van der Waals surface area contributed by atoms with Gasteiger partial charge in [-0.2, -0.15) is 0 Å². The van der Waals surface area contributed by atoms with Crippen molar-refractivity contribution in [1.29, 1.82) is 0 Å². The van der Waals surface area contributed by atoms with E-state index in [4.69, 9.17) is 14.2 Å². The molecule has 28 heavy (non-hydrogen) atoms. The molecule has 1 amide bonds. The van der Waals surface area contributed by atoms with Crippen molar-refractivity contribution in [3.05, 3.63) is 42.4 Å². The average molecular weight is 383 g/mol. The zero-order valence-corrected chi connectivity index (χ0v) is 16.4. The van der Waals surface area contributed by atoms with Crippen molar-refractivity contribution in [3.63, 3.8) is 0 Å². The number of carbonyl (C=O) groups is 1. The first-order valence-corrected chi connectivity index (χ1v) is 9.39. The van der Waals surface area contributed by atoms with Gasteiger partial charge in [-0.25, -0.2) is 0 Å². The van der Waals surface area contributed by atoms with Crippen LogP contribution < -0.4 is 14.2 Å². The third-order valence-corrected chi connectivity index (χ3v) is 5.47. The van der Waals surface area contributed by atoms with E-state index in [0.29, 0.717) is 34.5 Å². The molecule has 7 nitrogen and oxygen atoms in total. The molecule has 1 aliphatic heterocycles. The van der Waals surface area contributed by atoms with Gasteiger partial charge in [0.1, 0.15) is 11.4 Å². The average Bonchev–Trinajstić information content (AvgIpc) is 3.42. The molecule has 1 aromatic carbocycles. The van der Waals surface area contributed by atoms with Gasteiger partial charge in [0, 0.05) is 43.0 Å². The highest BCUT2D eigenvalue weighted by molar-refractivity contribution is 6.02. The number of aromatic amines is 1. The molecule has 0 saturated carbocycles. The van der Waals surface area contributed by atoms with Crippen molar-refractivity contribution in [2.75, 3.05) is 34.4 Å². The fourth-order valence-electron chi connectivity index (χ4n) is 3.98. The highest BCUT2D eigenvalue weighted by atomic mass is 16.5. The fraction of sp³-hybridized carbons (Fsp3) is 0.381. The van der Waals surface area contributed by atoms with Crippen LogP contribution in [0.5, 0.6) is 17.2 Å². The van der Waals surface area contributed by atoms with E-state index in [1.165, 1.54) is 0 Å². The van der Waals surface area contributed by atoms with Crippen molar-refractivity contribution >= 4 is 16.8 Å². The highest BCUT2D eigenvalue weighted by Crippen LogP contribution is 2.41. The highest BCUT2D eigenvalue weighted by Gasteiger charge is 2.26. The smallest absolute Gasteiger partial charge is 0.270 e. The van der Waals surface area contributed by atoms with Crippen LogP contribution in [0.3, 0.4) is 0 Å². The molecule has 2 aromatic heterocycles.